The molecule has 0 amide bonds. The Morgan fingerprint density at radius 1 is 0.500 bits per heavy atom. The zero-order chi connectivity index (χ0) is 27.9. The lowest BCUT2D eigenvalue weighted by Crippen LogP contribution is -2.22. The summed E-state index contributed by atoms with van der Waals surface area (Å²) in [5.74, 6) is 0.907. The van der Waals surface area contributed by atoms with Gasteiger partial charge in [0.15, 0.2) is 0 Å². The Hall–Kier alpha value is -0.0100. The summed E-state index contributed by atoms with van der Waals surface area (Å²) in [6.45, 7) is 6.55. The minimum atomic E-state index is -1.03. The summed E-state index contributed by atoms with van der Waals surface area (Å²) in [6, 6.07) is 0. The van der Waals surface area contributed by atoms with Gasteiger partial charge in [-0.15, -0.1) is 0 Å². The zero-order valence-corrected chi connectivity index (χ0v) is 26.3. The van der Waals surface area contributed by atoms with Crippen molar-refractivity contribution < 1.29 is 23.9 Å². The molecule has 0 bridgehead atoms. The fourth-order valence-corrected chi connectivity index (χ4v) is 5.90. The summed E-state index contributed by atoms with van der Waals surface area (Å²) < 4.78 is 23.4. The molecule has 0 aromatic rings. The van der Waals surface area contributed by atoms with Crippen molar-refractivity contribution in [2.45, 2.75) is 167 Å². The maximum absolute atomic E-state index is 12.2. The molecule has 0 heterocycles. The van der Waals surface area contributed by atoms with Crippen LogP contribution in [0.1, 0.15) is 155 Å². The lowest BCUT2D eigenvalue weighted by Gasteiger charge is -2.13. The Bertz CT molecular complexity index is 437. The van der Waals surface area contributed by atoms with Gasteiger partial charge in [-0.1, -0.05) is 129 Å². The van der Waals surface area contributed by atoms with E-state index in [0.717, 1.165) is 12.8 Å². The molecule has 2 unspecified atom stereocenters. The predicted molar refractivity (Wildman–Crippen MR) is 164 cm³/mol. The van der Waals surface area contributed by atoms with E-state index in [-0.39, 0.29) is 0 Å². The van der Waals surface area contributed by atoms with Crippen LogP contribution < -0.4 is 0 Å². The number of ether oxygens (including phenoxy) is 2. The Morgan fingerprint density at radius 3 is 1.11 bits per heavy atom. The Labute approximate surface area is 239 Å². The highest BCUT2D eigenvalue weighted by Gasteiger charge is 2.11. The molecule has 2 N–H and O–H groups in total. The molecule has 5 nitrogen and oxygen atoms in total. The van der Waals surface area contributed by atoms with Crippen molar-refractivity contribution in [3.05, 3.63) is 0 Å². The lowest BCUT2D eigenvalue weighted by molar-refractivity contribution is 0.0332. The average molecular weight is 563 g/mol. The van der Waals surface area contributed by atoms with Crippen LogP contribution in [-0.2, 0) is 20.3 Å². The molecule has 0 saturated carbocycles. The Balaban J connectivity index is 3.40. The molecule has 0 aromatic heterocycles. The van der Waals surface area contributed by atoms with E-state index in [0.29, 0.717) is 50.8 Å². The highest BCUT2D eigenvalue weighted by molar-refractivity contribution is 7.84. The Morgan fingerprint density at radius 2 is 0.789 bits per heavy atom. The maximum atomic E-state index is 12.2. The number of unbranched alkanes of at least 4 members (excludes halogenated alkanes) is 18. The van der Waals surface area contributed by atoms with Gasteiger partial charge in [0.05, 0.1) is 25.4 Å². The van der Waals surface area contributed by atoms with Crippen molar-refractivity contribution in [2.75, 3.05) is 37.9 Å². The summed E-state index contributed by atoms with van der Waals surface area (Å²) in [6.07, 6.45) is 25.9. The van der Waals surface area contributed by atoms with Crippen LogP contribution in [0, 0.1) is 0 Å². The first kappa shape index (κ1) is 38.0. The minimum absolute atomic E-state index is 0.323. The van der Waals surface area contributed by atoms with Gasteiger partial charge in [0, 0.05) is 35.5 Å². The van der Waals surface area contributed by atoms with Crippen molar-refractivity contribution >= 4 is 10.8 Å². The van der Waals surface area contributed by atoms with Crippen LogP contribution in [-0.4, -0.2) is 64.6 Å². The molecule has 0 radical (unpaired) electrons. The minimum Gasteiger partial charge on any atom is -0.391 e. The van der Waals surface area contributed by atoms with Crippen molar-refractivity contribution in [3.8, 4) is 0 Å². The molecule has 0 spiro atoms. The van der Waals surface area contributed by atoms with E-state index in [1.807, 2.05) is 0 Å². The van der Waals surface area contributed by atoms with Gasteiger partial charge in [-0.05, 0) is 25.7 Å². The highest BCUT2D eigenvalue weighted by Crippen LogP contribution is 2.12. The molecular formula is C32H66O5S. The SMILES string of the molecule is CCCCCCCCCCCCOCC(O)CCS(=O)CCC(O)COCCCCCCCCCCCC. The van der Waals surface area contributed by atoms with Crippen LogP contribution in [0.3, 0.4) is 0 Å². The van der Waals surface area contributed by atoms with Crippen LogP contribution in [0.4, 0.5) is 0 Å². The molecule has 0 aliphatic heterocycles. The highest BCUT2D eigenvalue weighted by atomic mass is 32.2. The number of hydrogen-bond acceptors (Lipinski definition) is 5. The van der Waals surface area contributed by atoms with E-state index in [2.05, 4.69) is 13.8 Å². The molecule has 6 heteroatoms. The normalized spacial score (nSPS) is 14.1. The van der Waals surface area contributed by atoms with Crippen LogP contribution in [0.2, 0.25) is 0 Å². The zero-order valence-electron chi connectivity index (χ0n) is 25.5. The summed E-state index contributed by atoms with van der Waals surface area (Å²) in [5.41, 5.74) is 0. The first-order chi connectivity index (χ1) is 18.6. The van der Waals surface area contributed by atoms with Gasteiger partial charge in [0.1, 0.15) is 0 Å². The van der Waals surface area contributed by atoms with Gasteiger partial charge in [-0.25, -0.2) is 0 Å². The van der Waals surface area contributed by atoms with E-state index in [1.165, 1.54) is 116 Å². The van der Waals surface area contributed by atoms with Gasteiger partial charge in [-0.2, -0.15) is 0 Å². The Kier molecular flexibility index (Phi) is 31.5. The summed E-state index contributed by atoms with van der Waals surface area (Å²) in [7, 11) is -1.03. The summed E-state index contributed by atoms with van der Waals surface area (Å²) in [4.78, 5) is 0. The van der Waals surface area contributed by atoms with Gasteiger partial charge in [0.2, 0.25) is 0 Å². The number of rotatable bonds is 32. The first-order valence-corrected chi connectivity index (χ1v) is 18.0. The van der Waals surface area contributed by atoms with Crippen molar-refractivity contribution in [1.29, 1.82) is 0 Å². The largest absolute Gasteiger partial charge is 0.391 e. The maximum Gasteiger partial charge on any atom is 0.0782 e. The number of hydrogen-bond donors (Lipinski definition) is 2. The van der Waals surface area contributed by atoms with Crippen LogP contribution in [0.25, 0.3) is 0 Å². The molecule has 0 aromatic carbocycles. The van der Waals surface area contributed by atoms with Gasteiger partial charge in [0.25, 0.3) is 0 Å². The van der Waals surface area contributed by atoms with Crippen molar-refractivity contribution in [2.24, 2.45) is 0 Å². The first-order valence-electron chi connectivity index (χ1n) is 16.5. The molecule has 0 fully saturated rings. The van der Waals surface area contributed by atoms with Gasteiger partial charge in [-0.3, -0.25) is 4.21 Å². The van der Waals surface area contributed by atoms with E-state index in [9.17, 15) is 14.4 Å². The standard InChI is InChI=1S/C32H66O5S/c1-3-5-7-9-11-13-15-17-19-21-25-36-29-31(33)23-27-38(35)28-24-32(34)30-37-26-22-20-18-16-14-12-10-8-6-4-2/h31-34H,3-30H2,1-2H3. The molecular weight excluding hydrogens is 496 g/mol. The molecule has 0 aliphatic rings. The molecule has 230 valence electrons. The van der Waals surface area contributed by atoms with E-state index in [1.54, 1.807) is 0 Å². The third-order valence-corrected chi connectivity index (χ3v) is 8.64. The topological polar surface area (TPSA) is 76.0 Å². The summed E-state index contributed by atoms with van der Waals surface area (Å²) >= 11 is 0. The van der Waals surface area contributed by atoms with Crippen molar-refractivity contribution in [1.82, 2.24) is 0 Å². The lowest BCUT2D eigenvalue weighted by atomic mass is 10.1. The van der Waals surface area contributed by atoms with Crippen LogP contribution >= 0.6 is 0 Å². The second-order valence-electron chi connectivity index (χ2n) is 11.2. The second kappa shape index (κ2) is 31.5. The summed E-state index contributed by atoms with van der Waals surface area (Å²) in [5, 5.41) is 20.2. The molecule has 0 saturated heterocycles. The van der Waals surface area contributed by atoms with Gasteiger partial charge >= 0.3 is 0 Å². The number of aliphatic hydroxyl groups is 2. The average Bonchev–Trinajstić information content (AvgIpc) is 2.92. The predicted octanol–water partition coefficient (Wildman–Crippen LogP) is 8.11. The van der Waals surface area contributed by atoms with E-state index >= 15 is 0 Å². The smallest absolute Gasteiger partial charge is 0.0782 e. The molecule has 0 rings (SSSR count). The van der Waals surface area contributed by atoms with Gasteiger partial charge < -0.3 is 19.7 Å². The van der Waals surface area contributed by atoms with E-state index in [4.69, 9.17) is 9.47 Å². The van der Waals surface area contributed by atoms with Crippen LogP contribution in [0.15, 0.2) is 0 Å². The molecule has 2 atom stereocenters. The second-order valence-corrected chi connectivity index (χ2v) is 12.9. The van der Waals surface area contributed by atoms with Crippen LogP contribution in [0.5, 0.6) is 0 Å². The fourth-order valence-electron chi connectivity index (χ4n) is 4.63. The van der Waals surface area contributed by atoms with E-state index < -0.39 is 23.0 Å². The fraction of sp³-hybridized carbons (Fsp3) is 1.00. The quantitative estimate of drug-likeness (QED) is 0.0810. The molecule has 38 heavy (non-hydrogen) atoms. The number of aliphatic hydroxyl groups excluding tert-OH is 2. The monoisotopic (exact) mass is 562 g/mol. The molecule has 0 aliphatic carbocycles. The third-order valence-electron chi connectivity index (χ3n) is 7.26. The third kappa shape index (κ3) is 30.5. The van der Waals surface area contributed by atoms with Crippen molar-refractivity contribution in [3.63, 3.8) is 0 Å².